The molecule has 1 heterocycles. The topological polar surface area (TPSA) is 47.8 Å². The summed E-state index contributed by atoms with van der Waals surface area (Å²) in [6, 6.07) is 6.05. The van der Waals surface area contributed by atoms with Crippen molar-refractivity contribution < 1.29 is 9.18 Å². The van der Waals surface area contributed by atoms with E-state index >= 15 is 0 Å². The zero-order chi connectivity index (χ0) is 15.1. The van der Waals surface area contributed by atoms with Gasteiger partial charge in [-0.3, -0.25) is 4.79 Å². The number of carbonyl (C=O) groups is 1. The van der Waals surface area contributed by atoms with Crippen LogP contribution in [0.15, 0.2) is 24.3 Å². The lowest BCUT2D eigenvalue weighted by molar-refractivity contribution is 0.111. The number of hydrogen-bond donors (Lipinski definition) is 0. The quantitative estimate of drug-likeness (QED) is 0.547. The van der Waals surface area contributed by atoms with Gasteiger partial charge in [-0.1, -0.05) is 37.8 Å². The second kappa shape index (κ2) is 7.67. The van der Waals surface area contributed by atoms with Gasteiger partial charge < -0.3 is 0 Å². The second-order valence-corrected chi connectivity index (χ2v) is 5.09. The molecule has 5 heteroatoms. The summed E-state index contributed by atoms with van der Waals surface area (Å²) in [4.78, 5) is 11.1. The average Bonchev–Trinajstić information content (AvgIpc) is 2.91. The fraction of sp³-hybridized carbons (Fsp3) is 0.438. The Morgan fingerprint density at radius 3 is 2.52 bits per heavy atom. The van der Waals surface area contributed by atoms with E-state index < -0.39 is 0 Å². The Hall–Kier alpha value is -2.04. The predicted molar refractivity (Wildman–Crippen MR) is 79.6 cm³/mol. The minimum absolute atomic E-state index is 0.301. The molecule has 0 fully saturated rings. The molecule has 0 bridgehead atoms. The first kappa shape index (κ1) is 15.4. The first-order valence-corrected chi connectivity index (χ1v) is 7.41. The summed E-state index contributed by atoms with van der Waals surface area (Å²) in [6.07, 6.45) is 6.47. The van der Waals surface area contributed by atoms with Gasteiger partial charge in [-0.2, -0.15) is 0 Å². The molecule has 0 N–H and O–H groups in total. The lowest BCUT2D eigenvalue weighted by Gasteiger charge is -2.07. The van der Waals surface area contributed by atoms with E-state index in [9.17, 15) is 9.18 Å². The number of unbranched alkanes of at least 4 members (excludes halogenated alkanes) is 4. The Labute approximate surface area is 124 Å². The summed E-state index contributed by atoms with van der Waals surface area (Å²) < 4.78 is 14.8. The van der Waals surface area contributed by atoms with Gasteiger partial charge in [-0.15, -0.1) is 5.10 Å². The van der Waals surface area contributed by atoms with Crippen molar-refractivity contribution in [2.75, 3.05) is 0 Å². The van der Waals surface area contributed by atoms with Crippen molar-refractivity contribution in [2.24, 2.45) is 0 Å². The molecule has 0 amide bonds. The number of rotatable bonds is 8. The molecule has 0 aliphatic rings. The molecule has 1 aromatic carbocycles. The lowest BCUT2D eigenvalue weighted by atomic mass is 10.1. The largest absolute Gasteiger partial charge is 0.296 e. The number of aldehydes is 1. The highest BCUT2D eigenvalue weighted by molar-refractivity contribution is 5.83. The number of halogens is 1. The van der Waals surface area contributed by atoms with Crippen LogP contribution in [-0.4, -0.2) is 21.3 Å². The average molecular weight is 289 g/mol. The third-order valence-corrected chi connectivity index (χ3v) is 3.46. The monoisotopic (exact) mass is 289 g/mol. The van der Waals surface area contributed by atoms with Gasteiger partial charge in [0.05, 0.1) is 5.69 Å². The summed E-state index contributed by atoms with van der Waals surface area (Å²) in [5.74, 6) is -0.301. The first-order chi connectivity index (χ1) is 10.3. The van der Waals surface area contributed by atoms with E-state index in [1.807, 2.05) is 0 Å². The molecule has 0 aliphatic heterocycles. The number of nitrogens with zero attached hydrogens (tertiary/aromatic N) is 3. The molecule has 0 saturated carbocycles. The first-order valence-electron chi connectivity index (χ1n) is 7.41. The van der Waals surface area contributed by atoms with Crippen LogP contribution in [-0.2, 0) is 6.54 Å². The Morgan fingerprint density at radius 1 is 1.14 bits per heavy atom. The van der Waals surface area contributed by atoms with Crippen LogP contribution in [0.3, 0.4) is 0 Å². The van der Waals surface area contributed by atoms with Gasteiger partial charge in [0, 0.05) is 12.1 Å². The van der Waals surface area contributed by atoms with E-state index in [-0.39, 0.29) is 5.82 Å². The van der Waals surface area contributed by atoms with Crippen LogP contribution < -0.4 is 0 Å². The van der Waals surface area contributed by atoms with Gasteiger partial charge >= 0.3 is 0 Å². The summed E-state index contributed by atoms with van der Waals surface area (Å²) in [6.45, 7) is 2.90. The minimum Gasteiger partial charge on any atom is -0.296 e. The summed E-state index contributed by atoms with van der Waals surface area (Å²) in [5.41, 5.74) is 1.73. The number of aryl methyl sites for hydroxylation is 1. The van der Waals surface area contributed by atoms with Crippen LogP contribution in [0.4, 0.5) is 4.39 Å². The van der Waals surface area contributed by atoms with E-state index in [4.69, 9.17) is 0 Å². The standard InChI is InChI=1S/C16H20FN3O/c1-2-3-4-5-6-11-20-16(15(12-21)18-19-20)13-7-9-14(17)10-8-13/h7-10,12H,2-6,11H2,1H3. The van der Waals surface area contributed by atoms with Gasteiger partial charge in [-0.25, -0.2) is 9.07 Å². The van der Waals surface area contributed by atoms with E-state index in [1.54, 1.807) is 16.8 Å². The maximum Gasteiger partial charge on any atom is 0.172 e. The normalized spacial score (nSPS) is 10.8. The van der Waals surface area contributed by atoms with E-state index in [1.165, 1.54) is 31.4 Å². The van der Waals surface area contributed by atoms with E-state index in [0.29, 0.717) is 17.7 Å². The molecule has 0 aliphatic carbocycles. The fourth-order valence-corrected chi connectivity index (χ4v) is 2.33. The Morgan fingerprint density at radius 2 is 1.86 bits per heavy atom. The maximum atomic E-state index is 13.0. The summed E-state index contributed by atoms with van der Waals surface area (Å²) >= 11 is 0. The fourth-order valence-electron chi connectivity index (χ4n) is 2.33. The molecule has 0 unspecified atom stereocenters. The third kappa shape index (κ3) is 3.97. The van der Waals surface area contributed by atoms with Crippen molar-refractivity contribution in [3.05, 3.63) is 35.8 Å². The van der Waals surface area contributed by atoms with Crippen molar-refractivity contribution in [1.29, 1.82) is 0 Å². The SMILES string of the molecule is CCCCCCCn1nnc(C=O)c1-c1ccc(F)cc1. The number of benzene rings is 1. The van der Waals surface area contributed by atoms with Gasteiger partial charge in [0.25, 0.3) is 0 Å². The molecule has 4 nitrogen and oxygen atoms in total. The molecule has 112 valence electrons. The molecule has 2 aromatic rings. The summed E-state index contributed by atoms with van der Waals surface area (Å²) in [7, 11) is 0. The van der Waals surface area contributed by atoms with Crippen molar-refractivity contribution in [3.8, 4) is 11.3 Å². The molecule has 0 spiro atoms. The van der Waals surface area contributed by atoms with Gasteiger partial charge in [0.1, 0.15) is 5.82 Å². The van der Waals surface area contributed by atoms with E-state index in [0.717, 1.165) is 24.9 Å². The van der Waals surface area contributed by atoms with Crippen LogP contribution in [0.25, 0.3) is 11.3 Å². The van der Waals surface area contributed by atoms with E-state index in [2.05, 4.69) is 17.2 Å². The van der Waals surface area contributed by atoms with Crippen LogP contribution in [0.5, 0.6) is 0 Å². The number of carbonyl (C=O) groups excluding carboxylic acids is 1. The molecule has 0 atom stereocenters. The molecule has 21 heavy (non-hydrogen) atoms. The second-order valence-electron chi connectivity index (χ2n) is 5.09. The van der Waals surface area contributed by atoms with Gasteiger partial charge in [-0.05, 0) is 30.7 Å². The molecule has 1 aromatic heterocycles. The van der Waals surface area contributed by atoms with Crippen LogP contribution in [0.1, 0.15) is 49.5 Å². The number of hydrogen-bond acceptors (Lipinski definition) is 3. The molecule has 2 rings (SSSR count). The van der Waals surface area contributed by atoms with Crippen LogP contribution in [0.2, 0.25) is 0 Å². The van der Waals surface area contributed by atoms with Crippen molar-refractivity contribution in [3.63, 3.8) is 0 Å². The zero-order valence-electron chi connectivity index (χ0n) is 12.3. The predicted octanol–water partition coefficient (Wildman–Crippen LogP) is 3.87. The lowest BCUT2D eigenvalue weighted by Crippen LogP contribution is -2.03. The zero-order valence-corrected chi connectivity index (χ0v) is 12.3. The maximum absolute atomic E-state index is 13.0. The van der Waals surface area contributed by atoms with Gasteiger partial charge in [0.15, 0.2) is 12.0 Å². The van der Waals surface area contributed by atoms with Crippen molar-refractivity contribution in [2.45, 2.75) is 45.6 Å². The van der Waals surface area contributed by atoms with Crippen LogP contribution >= 0.6 is 0 Å². The third-order valence-electron chi connectivity index (χ3n) is 3.46. The Kier molecular flexibility index (Phi) is 5.60. The Bertz CT molecular complexity index is 578. The number of aromatic nitrogens is 3. The Balaban J connectivity index is 2.13. The van der Waals surface area contributed by atoms with Crippen molar-refractivity contribution >= 4 is 6.29 Å². The highest BCUT2D eigenvalue weighted by atomic mass is 19.1. The molecule has 0 saturated heterocycles. The van der Waals surface area contributed by atoms with Gasteiger partial charge in [0.2, 0.25) is 0 Å². The minimum atomic E-state index is -0.301. The van der Waals surface area contributed by atoms with Crippen LogP contribution in [0, 0.1) is 5.82 Å². The molecular formula is C16H20FN3O. The highest BCUT2D eigenvalue weighted by Crippen LogP contribution is 2.22. The summed E-state index contributed by atoms with van der Waals surface area (Å²) in [5, 5.41) is 7.94. The molecular weight excluding hydrogens is 269 g/mol. The highest BCUT2D eigenvalue weighted by Gasteiger charge is 2.14. The molecule has 0 radical (unpaired) electrons. The van der Waals surface area contributed by atoms with Crippen molar-refractivity contribution in [1.82, 2.24) is 15.0 Å². The smallest absolute Gasteiger partial charge is 0.172 e.